The molecule has 0 heterocycles. The third-order valence-corrected chi connectivity index (χ3v) is 2.46. The predicted molar refractivity (Wildman–Crippen MR) is 66.0 cm³/mol. The minimum absolute atomic E-state index is 0.0287. The third kappa shape index (κ3) is 5.65. The van der Waals surface area contributed by atoms with E-state index in [2.05, 4.69) is 10.1 Å². The quantitative estimate of drug-likeness (QED) is 0.801. The SMILES string of the molecule is CCCC(=O)NCC(O)c1ccc(OC(F)F)cc1. The molecule has 1 aromatic carbocycles. The largest absolute Gasteiger partial charge is 0.435 e. The number of halogens is 2. The first-order chi connectivity index (χ1) is 9.02. The fourth-order valence-corrected chi connectivity index (χ4v) is 1.52. The van der Waals surface area contributed by atoms with Gasteiger partial charge in [0.1, 0.15) is 5.75 Å². The average Bonchev–Trinajstić information content (AvgIpc) is 2.36. The lowest BCUT2D eigenvalue weighted by Gasteiger charge is -2.13. The van der Waals surface area contributed by atoms with Crippen molar-refractivity contribution in [3.8, 4) is 5.75 Å². The van der Waals surface area contributed by atoms with Crippen LogP contribution in [-0.4, -0.2) is 24.2 Å². The van der Waals surface area contributed by atoms with E-state index in [1.165, 1.54) is 24.3 Å². The van der Waals surface area contributed by atoms with Crippen molar-refractivity contribution in [2.45, 2.75) is 32.5 Å². The Morgan fingerprint density at radius 3 is 2.53 bits per heavy atom. The number of ether oxygens (including phenoxy) is 1. The van der Waals surface area contributed by atoms with Crippen LogP contribution in [0.15, 0.2) is 24.3 Å². The number of hydrogen-bond acceptors (Lipinski definition) is 3. The molecule has 0 aromatic heterocycles. The summed E-state index contributed by atoms with van der Waals surface area (Å²) >= 11 is 0. The van der Waals surface area contributed by atoms with Crippen LogP contribution in [0, 0.1) is 0 Å². The van der Waals surface area contributed by atoms with E-state index >= 15 is 0 Å². The Kier molecular flexibility index (Phi) is 6.21. The molecule has 4 nitrogen and oxygen atoms in total. The lowest BCUT2D eigenvalue weighted by atomic mass is 10.1. The number of rotatable bonds is 7. The second kappa shape index (κ2) is 7.68. The molecular formula is C13H17F2NO3. The third-order valence-electron chi connectivity index (χ3n) is 2.46. The van der Waals surface area contributed by atoms with E-state index in [1.54, 1.807) is 0 Å². The number of amides is 1. The van der Waals surface area contributed by atoms with E-state index in [9.17, 15) is 18.7 Å². The first-order valence-corrected chi connectivity index (χ1v) is 6.02. The normalized spacial score (nSPS) is 12.3. The fourth-order valence-electron chi connectivity index (χ4n) is 1.52. The van der Waals surface area contributed by atoms with Gasteiger partial charge in [-0.2, -0.15) is 8.78 Å². The van der Waals surface area contributed by atoms with Gasteiger partial charge in [-0.1, -0.05) is 19.1 Å². The van der Waals surface area contributed by atoms with Crippen molar-refractivity contribution >= 4 is 5.91 Å². The van der Waals surface area contributed by atoms with Crippen LogP contribution in [0.5, 0.6) is 5.75 Å². The molecule has 0 aliphatic heterocycles. The molecule has 0 fully saturated rings. The number of nitrogens with one attached hydrogen (secondary N) is 1. The van der Waals surface area contributed by atoms with Gasteiger partial charge in [-0.3, -0.25) is 4.79 Å². The van der Waals surface area contributed by atoms with Crippen LogP contribution in [0.3, 0.4) is 0 Å². The Labute approximate surface area is 110 Å². The highest BCUT2D eigenvalue weighted by molar-refractivity contribution is 5.75. The lowest BCUT2D eigenvalue weighted by molar-refractivity contribution is -0.121. The van der Waals surface area contributed by atoms with Crippen LogP contribution >= 0.6 is 0 Å². The van der Waals surface area contributed by atoms with Crippen molar-refractivity contribution in [2.24, 2.45) is 0 Å². The molecule has 1 aromatic rings. The van der Waals surface area contributed by atoms with Crippen LogP contribution in [0.25, 0.3) is 0 Å². The highest BCUT2D eigenvalue weighted by atomic mass is 19.3. The minimum Gasteiger partial charge on any atom is -0.435 e. The molecule has 0 aliphatic carbocycles. The van der Waals surface area contributed by atoms with Crippen molar-refractivity contribution in [3.63, 3.8) is 0 Å². The van der Waals surface area contributed by atoms with Gasteiger partial charge in [0.05, 0.1) is 6.10 Å². The minimum atomic E-state index is -2.87. The molecule has 0 spiro atoms. The molecule has 0 bridgehead atoms. The first kappa shape index (κ1) is 15.4. The standard InChI is InChI=1S/C13H17F2NO3/c1-2-3-12(18)16-8-11(17)9-4-6-10(7-5-9)19-13(14)15/h4-7,11,13,17H,2-3,8H2,1H3,(H,16,18). The number of alkyl halides is 2. The second-order valence-electron chi connectivity index (χ2n) is 4.02. The van der Waals surface area contributed by atoms with Gasteiger partial charge in [0.2, 0.25) is 5.91 Å². The summed E-state index contributed by atoms with van der Waals surface area (Å²) in [4.78, 5) is 11.2. The van der Waals surface area contributed by atoms with Crippen LogP contribution in [0.4, 0.5) is 8.78 Å². The number of hydrogen-bond donors (Lipinski definition) is 2. The van der Waals surface area contributed by atoms with Crippen molar-refractivity contribution in [3.05, 3.63) is 29.8 Å². The van der Waals surface area contributed by atoms with Gasteiger partial charge in [0.15, 0.2) is 0 Å². The maximum absolute atomic E-state index is 11.9. The zero-order valence-corrected chi connectivity index (χ0v) is 10.6. The van der Waals surface area contributed by atoms with E-state index in [1.807, 2.05) is 6.92 Å². The van der Waals surface area contributed by atoms with Crippen LogP contribution in [0.1, 0.15) is 31.4 Å². The first-order valence-electron chi connectivity index (χ1n) is 6.02. The Hall–Kier alpha value is -1.69. The van der Waals surface area contributed by atoms with Crippen molar-refractivity contribution < 1.29 is 23.4 Å². The number of carbonyl (C=O) groups excluding carboxylic acids is 1. The summed E-state index contributed by atoms with van der Waals surface area (Å²) in [5.74, 6) is -0.0971. The Morgan fingerprint density at radius 1 is 1.37 bits per heavy atom. The van der Waals surface area contributed by atoms with E-state index in [4.69, 9.17) is 0 Å². The molecule has 2 N–H and O–H groups in total. The van der Waals surface area contributed by atoms with Crippen molar-refractivity contribution in [1.82, 2.24) is 5.32 Å². The van der Waals surface area contributed by atoms with E-state index in [0.717, 1.165) is 6.42 Å². The van der Waals surface area contributed by atoms with E-state index in [-0.39, 0.29) is 18.2 Å². The summed E-state index contributed by atoms with van der Waals surface area (Å²) in [6, 6.07) is 5.65. The molecule has 0 radical (unpaired) electrons. The van der Waals surface area contributed by atoms with E-state index < -0.39 is 12.7 Å². The summed E-state index contributed by atoms with van der Waals surface area (Å²) in [7, 11) is 0. The molecule has 1 amide bonds. The number of aliphatic hydroxyl groups excluding tert-OH is 1. The molecule has 106 valence electrons. The lowest BCUT2D eigenvalue weighted by Crippen LogP contribution is -2.27. The summed E-state index contributed by atoms with van der Waals surface area (Å²) in [5, 5.41) is 12.4. The van der Waals surface area contributed by atoms with E-state index in [0.29, 0.717) is 12.0 Å². The maximum Gasteiger partial charge on any atom is 0.387 e. The molecular weight excluding hydrogens is 256 g/mol. The molecule has 1 unspecified atom stereocenters. The highest BCUT2D eigenvalue weighted by Gasteiger charge is 2.10. The summed E-state index contributed by atoms with van der Waals surface area (Å²) < 4.78 is 28.1. The zero-order chi connectivity index (χ0) is 14.3. The molecule has 1 rings (SSSR count). The average molecular weight is 273 g/mol. The molecule has 19 heavy (non-hydrogen) atoms. The van der Waals surface area contributed by atoms with Gasteiger partial charge < -0.3 is 15.2 Å². The Bertz CT molecular complexity index is 395. The smallest absolute Gasteiger partial charge is 0.387 e. The highest BCUT2D eigenvalue weighted by Crippen LogP contribution is 2.18. The second-order valence-corrected chi connectivity index (χ2v) is 4.02. The molecule has 6 heteroatoms. The van der Waals surface area contributed by atoms with Crippen molar-refractivity contribution in [2.75, 3.05) is 6.54 Å². The van der Waals surface area contributed by atoms with Gasteiger partial charge in [0, 0.05) is 13.0 Å². The maximum atomic E-state index is 11.9. The topological polar surface area (TPSA) is 58.6 Å². The Morgan fingerprint density at radius 2 is 2.00 bits per heavy atom. The molecule has 0 saturated carbocycles. The molecule has 1 atom stereocenters. The van der Waals surface area contributed by atoms with Crippen molar-refractivity contribution in [1.29, 1.82) is 0 Å². The molecule has 0 aliphatic rings. The zero-order valence-electron chi connectivity index (χ0n) is 10.6. The predicted octanol–water partition coefficient (Wildman–Crippen LogP) is 2.24. The number of benzene rings is 1. The molecule has 0 saturated heterocycles. The van der Waals surface area contributed by atoms with Gasteiger partial charge in [-0.15, -0.1) is 0 Å². The summed E-state index contributed by atoms with van der Waals surface area (Å²) in [6.45, 7) is -0.893. The number of aliphatic hydroxyl groups is 1. The van der Waals surface area contributed by atoms with Gasteiger partial charge in [0.25, 0.3) is 0 Å². The number of carbonyl (C=O) groups is 1. The summed E-state index contributed by atoms with van der Waals surface area (Å²) in [5.41, 5.74) is 0.526. The van der Waals surface area contributed by atoms with Gasteiger partial charge in [-0.05, 0) is 24.1 Å². The van der Waals surface area contributed by atoms with Crippen LogP contribution in [-0.2, 0) is 4.79 Å². The fraction of sp³-hybridized carbons (Fsp3) is 0.462. The summed E-state index contributed by atoms with van der Waals surface area (Å²) in [6.07, 6.45) is 0.275. The Balaban J connectivity index is 2.48. The van der Waals surface area contributed by atoms with Gasteiger partial charge >= 0.3 is 6.61 Å². The van der Waals surface area contributed by atoms with Gasteiger partial charge in [-0.25, -0.2) is 0 Å². The van der Waals surface area contributed by atoms with Crippen LogP contribution < -0.4 is 10.1 Å². The monoisotopic (exact) mass is 273 g/mol. The van der Waals surface area contributed by atoms with Crippen LogP contribution in [0.2, 0.25) is 0 Å².